The highest BCUT2D eigenvalue weighted by atomic mass is 32.1. The van der Waals surface area contributed by atoms with Crippen molar-refractivity contribution in [3.05, 3.63) is 76.9 Å². The van der Waals surface area contributed by atoms with Crippen LogP contribution in [0.4, 0.5) is 0 Å². The van der Waals surface area contributed by atoms with Gasteiger partial charge in [-0.25, -0.2) is 9.97 Å². The van der Waals surface area contributed by atoms with Gasteiger partial charge in [0.1, 0.15) is 11.6 Å². The molecular weight excluding hydrogens is 290 g/mol. The minimum absolute atomic E-state index is 0.877. The van der Waals surface area contributed by atoms with Crippen LogP contribution in [0.25, 0.3) is 29.0 Å². The third-order valence-electron chi connectivity index (χ3n) is 3.40. The number of rotatable bonds is 3. The molecule has 106 valence electrons. The summed E-state index contributed by atoms with van der Waals surface area (Å²) in [4.78, 5) is 10.4. The van der Waals surface area contributed by atoms with Crippen molar-refractivity contribution in [2.75, 3.05) is 0 Å². The van der Waals surface area contributed by atoms with Gasteiger partial charge in [0.15, 0.2) is 0 Å². The van der Waals surface area contributed by atoms with Gasteiger partial charge in [-0.05, 0) is 47.9 Å². The van der Waals surface area contributed by atoms with Gasteiger partial charge in [0.25, 0.3) is 0 Å². The Labute approximate surface area is 132 Å². The number of aromatic nitrogens is 3. The summed E-state index contributed by atoms with van der Waals surface area (Å²) in [5, 5.41) is 2.07. The van der Waals surface area contributed by atoms with E-state index in [0.29, 0.717) is 0 Å². The van der Waals surface area contributed by atoms with Crippen molar-refractivity contribution in [2.45, 2.75) is 0 Å². The lowest BCUT2D eigenvalue weighted by Crippen LogP contribution is -1.99. The number of benzene rings is 1. The molecule has 0 fully saturated rings. The Bertz CT molecular complexity index is 922. The highest BCUT2D eigenvalue weighted by Gasteiger charge is 2.10. The van der Waals surface area contributed by atoms with E-state index in [2.05, 4.69) is 33.1 Å². The van der Waals surface area contributed by atoms with Crippen LogP contribution < -0.4 is 0 Å². The van der Waals surface area contributed by atoms with E-state index >= 15 is 0 Å². The van der Waals surface area contributed by atoms with Gasteiger partial charge in [0.05, 0.1) is 11.0 Å². The Hall–Kier alpha value is -2.72. The molecule has 4 heteroatoms. The summed E-state index contributed by atoms with van der Waals surface area (Å²) < 4.78 is 2.08. The van der Waals surface area contributed by atoms with Crippen LogP contribution in [0.1, 0.15) is 10.7 Å². The van der Waals surface area contributed by atoms with Crippen LogP contribution in [0.3, 0.4) is 0 Å². The van der Waals surface area contributed by atoms with E-state index in [0.717, 1.165) is 22.7 Å². The molecule has 3 aromatic heterocycles. The first kappa shape index (κ1) is 13.0. The molecule has 3 heterocycles. The third-order valence-corrected chi connectivity index (χ3v) is 4.24. The number of para-hydroxylation sites is 2. The lowest BCUT2D eigenvalue weighted by molar-refractivity contribution is 1.01. The fourth-order valence-electron chi connectivity index (χ4n) is 2.43. The number of thiophene rings is 1. The second-order valence-electron chi connectivity index (χ2n) is 4.83. The van der Waals surface area contributed by atoms with E-state index in [-0.39, 0.29) is 0 Å². The predicted molar refractivity (Wildman–Crippen MR) is 92.1 cm³/mol. The first-order valence-electron chi connectivity index (χ1n) is 7.02. The van der Waals surface area contributed by atoms with E-state index in [1.807, 2.05) is 48.5 Å². The maximum atomic E-state index is 4.73. The summed E-state index contributed by atoms with van der Waals surface area (Å²) in [6.07, 6.45) is 5.93. The highest BCUT2D eigenvalue weighted by Crippen LogP contribution is 2.22. The normalized spacial score (nSPS) is 11.5. The SMILES string of the molecule is C(=C\c1nc2ccccc2n1-c1ccccn1)/c1cccs1. The van der Waals surface area contributed by atoms with Crippen molar-refractivity contribution in [1.82, 2.24) is 14.5 Å². The maximum absolute atomic E-state index is 4.73. The van der Waals surface area contributed by atoms with Gasteiger partial charge in [-0.3, -0.25) is 4.57 Å². The molecule has 0 spiro atoms. The van der Waals surface area contributed by atoms with Gasteiger partial charge in [-0.2, -0.15) is 0 Å². The average molecular weight is 303 g/mol. The van der Waals surface area contributed by atoms with E-state index in [1.165, 1.54) is 4.88 Å². The van der Waals surface area contributed by atoms with Gasteiger partial charge < -0.3 is 0 Å². The topological polar surface area (TPSA) is 30.7 Å². The Balaban J connectivity index is 1.90. The molecule has 3 nitrogen and oxygen atoms in total. The Kier molecular flexibility index (Phi) is 3.29. The van der Waals surface area contributed by atoms with E-state index in [4.69, 9.17) is 4.98 Å². The lowest BCUT2D eigenvalue weighted by atomic mass is 10.3. The second-order valence-corrected chi connectivity index (χ2v) is 5.81. The number of hydrogen-bond acceptors (Lipinski definition) is 3. The number of hydrogen-bond donors (Lipinski definition) is 0. The van der Waals surface area contributed by atoms with E-state index in [9.17, 15) is 0 Å². The molecule has 0 saturated heterocycles. The van der Waals surface area contributed by atoms with Gasteiger partial charge in [-0.1, -0.05) is 24.3 Å². The summed E-state index contributed by atoms with van der Waals surface area (Å²) in [5.41, 5.74) is 2.03. The van der Waals surface area contributed by atoms with Crippen molar-refractivity contribution in [3.63, 3.8) is 0 Å². The van der Waals surface area contributed by atoms with Crippen LogP contribution in [-0.2, 0) is 0 Å². The quantitative estimate of drug-likeness (QED) is 0.551. The van der Waals surface area contributed by atoms with Gasteiger partial charge in [0.2, 0.25) is 0 Å². The molecule has 0 aliphatic carbocycles. The van der Waals surface area contributed by atoms with Crippen molar-refractivity contribution >= 4 is 34.5 Å². The zero-order valence-electron chi connectivity index (χ0n) is 11.8. The Morgan fingerprint density at radius 1 is 0.909 bits per heavy atom. The molecule has 0 aliphatic rings. The first-order valence-corrected chi connectivity index (χ1v) is 7.90. The minimum atomic E-state index is 0.877. The molecule has 0 bridgehead atoms. The molecule has 1 aromatic carbocycles. The maximum Gasteiger partial charge on any atom is 0.139 e. The van der Waals surface area contributed by atoms with Crippen LogP contribution in [0, 0.1) is 0 Å². The van der Waals surface area contributed by atoms with Crippen molar-refractivity contribution in [3.8, 4) is 5.82 Å². The predicted octanol–water partition coefficient (Wildman–Crippen LogP) is 4.65. The van der Waals surface area contributed by atoms with E-state index < -0.39 is 0 Å². The third kappa shape index (κ3) is 2.34. The zero-order valence-corrected chi connectivity index (χ0v) is 12.6. The Morgan fingerprint density at radius 2 is 1.82 bits per heavy atom. The zero-order chi connectivity index (χ0) is 14.8. The monoisotopic (exact) mass is 303 g/mol. The van der Waals surface area contributed by atoms with Crippen molar-refractivity contribution in [2.24, 2.45) is 0 Å². The number of fused-ring (bicyclic) bond motifs is 1. The lowest BCUT2D eigenvalue weighted by Gasteiger charge is -2.05. The fourth-order valence-corrected chi connectivity index (χ4v) is 3.04. The summed E-state index contributed by atoms with van der Waals surface area (Å²) in [6, 6.07) is 18.2. The molecule has 4 rings (SSSR count). The van der Waals surface area contributed by atoms with E-state index in [1.54, 1.807) is 17.5 Å². The smallest absolute Gasteiger partial charge is 0.139 e. The molecule has 0 N–H and O–H groups in total. The van der Waals surface area contributed by atoms with Gasteiger partial charge in [-0.15, -0.1) is 11.3 Å². The molecule has 0 aliphatic heterocycles. The van der Waals surface area contributed by atoms with Crippen LogP contribution in [-0.4, -0.2) is 14.5 Å². The summed E-state index contributed by atoms with van der Waals surface area (Å²) in [5.74, 6) is 1.76. The summed E-state index contributed by atoms with van der Waals surface area (Å²) in [6.45, 7) is 0. The van der Waals surface area contributed by atoms with Crippen LogP contribution in [0.5, 0.6) is 0 Å². The standard InChI is InChI=1S/C18H13N3S/c1-2-8-16-15(7-1)20-18(11-10-14-6-5-13-22-14)21(16)17-9-3-4-12-19-17/h1-13H/b11-10+. The summed E-state index contributed by atoms with van der Waals surface area (Å²) in [7, 11) is 0. The fraction of sp³-hybridized carbons (Fsp3) is 0. The first-order chi connectivity index (χ1) is 10.9. The van der Waals surface area contributed by atoms with Crippen LogP contribution in [0.2, 0.25) is 0 Å². The van der Waals surface area contributed by atoms with Crippen LogP contribution >= 0.6 is 11.3 Å². The van der Waals surface area contributed by atoms with Crippen molar-refractivity contribution in [1.29, 1.82) is 0 Å². The molecule has 0 radical (unpaired) electrons. The highest BCUT2D eigenvalue weighted by molar-refractivity contribution is 7.10. The Morgan fingerprint density at radius 3 is 2.64 bits per heavy atom. The van der Waals surface area contributed by atoms with Gasteiger partial charge >= 0.3 is 0 Å². The second kappa shape index (κ2) is 5.58. The molecule has 0 atom stereocenters. The largest absolute Gasteiger partial charge is 0.277 e. The molecular formula is C18H13N3S. The van der Waals surface area contributed by atoms with Gasteiger partial charge in [0, 0.05) is 11.1 Å². The molecule has 0 amide bonds. The summed E-state index contributed by atoms with van der Waals surface area (Å²) >= 11 is 1.71. The molecule has 0 unspecified atom stereocenters. The molecule has 0 saturated carbocycles. The minimum Gasteiger partial charge on any atom is -0.277 e. The molecule has 4 aromatic rings. The van der Waals surface area contributed by atoms with Crippen LogP contribution in [0.15, 0.2) is 66.2 Å². The molecule has 22 heavy (non-hydrogen) atoms. The van der Waals surface area contributed by atoms with Crippen molar-refractivity contribution < 1.29 is 0 Å². The number of pyridine rings is 1. The number of nitrogens with zero attached hydrogens (tertiary/aromatic N) is 3. The number of imidazole rings is 1. The average Bonchev–Trinajstić information content (AvgIpc) is 3.21.